The van der Waals surface area contributed by atoms with Gasteiger partial charge in [-0.2, -0.15) is 0 Å². The van der Waals surface area contributed by atoms with E-state index in [4.69, 9.17) is 10.2 Å². The van der Waals surface area contributed by atoms with E-state index >= 15 is 0 Å². The lowest BCUT2D eigenvalue weighted by atomic mass is 9.88. The molecule has 0 saturated carbocycles. The van der Waals surface area contributed by atoms with Crippen molar-refractivity contribution in [3.63, 3.8) is 0 Å². The molecule has 0 saturated heterocycles. The lowest BCUT2D eigenvalue weighted by molar-refractivity contribution is -0.153. The number of hydrogen-bond acceptors (Lipinski definition) is 5. The molecule has 0 aromatic rings. The molecule has 0 bridgehead atoms. The van der Waals surface area contributed by atoms with E-state index in [1.54, 1.807) is 0 Å². The highest BCUT2D eigenvalue weighted by Gasteiger charge is 2.39. The Morgan fingerprint density at radius 2 is 2.15 bits per heavy atom. The Labute approximate surface area is 76.0 Å². The molecule has 0 radical (unpaired) electrons. The molecule has 0 amide bonds. The van der Waals surface area contributed by atoms with Crippen molar-refractivity contribution in [2.45, 2.75) is 31.5 Å². The van der Waals surface area contributed by atoms with E-state index in [0.717, 1.165) is 0 Å². The molecule has 0 fully saturated rings. The minimum atomic E-state index is -2.00. The van der Waals surface area contributed by atoms with Crippen LogP contribution in [0.3, 0.4) is 0 Å². The van der Waals surface area contributed by atoms with Crippen molar-refractivity contribution in [2.75, 3.05) is 6.61 Å². The van der Waals surface area contributed by atoms with Gasteiger partial charge in [0.2, 0.25) is 0 Å². The van der Waals surface area contributed by atoms with E-state index in [0.29, 0.717) is 6.29 Å². The first-order chi connectivity index (χ1) is 5.99. The highest BCUT2D eigenvalue weighted by molar-refractivity contribution is 5.88. The second kappa shape index (κ2) is 5.06. The fraction of sp³-hybridized carbons (Fsp3) is 0.750. The largest absolute Gasteiger partial charge is 0.390 e. The molecule has 0 aliphatic carbocycles. The molecule has 13 heavy (non-hydrogen) atoms. The average molecular weight is 190 g/mol. The summed E-state index contributed by atoms with van der Waals surface area (Å²) in [7, 11) is 0. The number of aliphatic hydroxyl groups excluding tert-OH is 2. The summed E-state index contributed by atoms with van der Waals surface area (Å²) in [6, 6.07) is 0. The number of rotatable bonds is 6. The van der Waals surface area contributed by atoms with Crippen molar-refractivity contribution >= 4 is 12.1 Å². The first-order valence-corrected chi connectivity index (χ1v) is 3.97. The Bertz CT molecular complexity index is 189. The normalized spacial score (nSPS) is 17.5. The van der Waals surface area contributed by atoms with Gasteiger partial charge in [0, 0.05) is 6.42 Å². The number of carbonyl (C=O) groups is 2. The molecule has 3 N–H and O–H groups in total. The molecular formula is C8H14O5. The zero-order chi connectivity index (χ0) is 10.5. The fourth-order valence-electron chi connectivity index (χ4n) is 0.997. The van der Waals surface area contributed by atoms with E-state index in [1.807, 2.05) is 0 Å². The van der Waals surface area contributed by atoms with Crippen LogP contribution in [0.15, 0.2) is 0 Å². The Morgan fingerprint density at radius 3 is 2.46 bits per heavy atom. The topological polar surface area (TPSA) is 94.8 Å². The predicted octanol–water partition coefficient (Wildman–Crippen LogP) is -1.36. The summed E-state index contributed by atoms with van der Waals surface area (Å²) in [4.78, 5) is 21.0. The van der Waals surface area contributed by atoms with Gasteiger partial charge in [0.1, 0.15) is 12.9 Å². The van der Waals surface area contributed by atoms with Gasteiger partial charge in [-0.3, -0.25) is 4.79 Å². The Morgan fingerprint density at radius 1 is 1.62 bits per heavy atom. The van der Waals surface area contributed by atoms with Gasteiger partial charge < -0.3 is 20.1 Å². The molecule has 0 aliphatic heterocycles. The first kappa shape index (κ1) is 12.2. The zero-order valence-electron chi connectivity index (χ0n) is 7.43. The van der Waals surface area contributed by atoms with Crippen molar-refractivity contribution in [3.05, 3.63) is 0 Å². The Hall–Kier alpha value is -0.780. The number of carbonyl (C=O) groups excluding carboxylic acids is 2. The second-order valence-electron chi connectivity index (χ2n) is 2.89. The van der Waals surface area contributed by atoms with E-state index in [-0.39, 0.29) is 12.8 Å². The molecule has 0 unspecified atom stereocenters. The van der Waals surface area contributed by atoms with Crippen LogP contribution in [0.1, 0.15) is 19.8 Å². The number of aldehydes is 1. The van der Waals surface area contributed by atoms with Crippen LogP contribution >= 0.6 is 0 Å². The third-order valence-electron chi connectivity index (χ3n) is 1.96. The molecule has 76 valence electrons. The highest BCUT2D eigenvalue weighted by atomic mass is 16.4. The summed E-state index contributed by atoms with van der Waals surface area (Å²) < 4.78 is 0. The lowest BCUT2D eigenvalue weighted by Crippen LogP contribution is -2.49. The number of ketones is 1. The van der Waals surface area contributed by atoms with Crippen molar-refractivity contribution < 1.29 is 24.9 Å². The maximum absolute atomic E-state index is 11.0. The summed E-state index contributed by atoms with van der Waals surface area (Å²) in [5, 5.41) is 27.2. The molecule has 0 aliphatic rings. The highest BCUT2D eigenvalue weighted by Crippen LogP contribution is 2.18. The smallest absolute Gasteiger partial charge is 0.192 e. The summed E-state index contributed by atoms with van der Waals surface area (Å²) in [6.07, 6.45) is -0.967. The molecule has 0 spiro atoms. The maximum Gasteiger partial charge on any atom is 0.192 e. The Balaban J connectivity index is 4.51. The van der Waals surface area contributed by atoms with Crippen LogP contribution in [-0.2, 0) is 9.59 Å². The molecule has 0 heterocycles. The van der Waals surface area contributed by atoms with Crippen molar-refractivity contribution in [3.8, 4) is 0 Å². The molecule has 0 aromatic carbocycles. The molecule has 0 aromatic heterocycles. The molecular weight excluding hydrogens is 176 g/mol. The third kappa shape index (κ3) is 2.87. The average Bonchev–Trinajstić information content (AvgIpc) is 2.12. The molecule has 0 rings (SSSR count). The van der Waals surface area contributed by atoms with Gasteiger partial charge in [-0.1, -0.05) is 0 Å². The first-order valence-electron chi connectivity index (χ1n) is 3.97. The molecule has 5 nitrogen and oxygen atoms in total. The van der Waals surface area contributed by atoms with Crippen LogP contribution in [-0.4, -0.2) is 45.7 Å². The van der Waals surface area contributed by atoms with Gasteiger partial charge in [-0.05, 0) is 13.3 Å². The summed E-state index contributed by atoms with van der Waals surface area (Å²) in [6.45, 7) is 0.388. The van der Waals surface area contributed by atoms with Crippen molar-refractivity contribution in [1.82, 2.24) is 0 Å². The number of Topliss-reactive ketones (excluding diaryl/α,β-unsaturated/α-hetero) is 1. The minimum absolute atomic E-state index is 0.0346. The van der Waals surface area contributed by atoms with Crippen LogP contribution in [0.4, 0.5) is 0 Å². The second-order valence-corrected chi connectivity index (χ2v) is 2.89. The maximum atomic E-state index is 11.0. The van der Waals surface area contributed by atoms with Crippen LogP contribution in [0.25, 0.3) is 0 Å². The van der Waals surface area contributed by atoms with Crippen LogP contribution in [0.5, 0.6) is 0 Å². The number of hydrogen-bond donors (Lipinski definition) is 3. The van der Waals surface area contributed by atoms with Gasteiger partial charge in [0.05, 0.1) is 6.10 Å². The summed E-state index contributed by atoms with van der Waals surface area (Å²) in [5.41, 5.74) is -2.00. The van der Waals surface area contributed by atoms with Crippen LogP contribution < -0.4 is 0 Å². The molecule has 5 heteroatoms. The molecule has 2 atom stereocenters. The summed E-state index contributed by atoms with van der Waals surface area (Å²) >= 11 is 0. The monoisotopic (exact) mass is 190 g/mol. The van der Waals surface area contributed by atoms with Crippen LogP contribution in [0, 0.1) is 0 Å². The minimum Gasteiger partial charge on any atom is -0.390 e. The number of aliphatic hydroxyl groups is 3. The van der Waals surface area contributed by atoms with Gasteiger partial charge in [0.25, 0.3) is 0 Å². The van der Waals surface area contributed by atoms with Crippen molar-refractivity contribution in [2.24, 2.45) is 0 Å². The van der Waals surface area contributed by atoms with Crippen LogP contribution in [0.2, 0.25) is 0 Å². The fourth-order valence-corrected chi connectivity index (χ4v) is 0.997. The van der Waals surface area contributed by atoms with Gasteiger partial charge in [0.15, 0.2) is 11.4 Å². The van der Waals surface area contributed by atoms with E-state index < -0.39 is 24.1 Å². The quantitative estimate of drug-likeness (QED) is 0.449. The van der Waals surface area contributed by atoms with E-state index in [2.05, 4.69) is 0 Å². The third-order valence-corrected chi connectivity index (χ3v) is 1.96. The van der Waals surface area contributed by atoms with E-state index in [1.165, 1.54) is 6.92 Å². The lowest BCUT2D eigenvalue weighted by Gasteiger charge is -2.27. The van der Waals surface area contributed by atoms with Gasteiger partial charge >= 0.3 is 0 Å². The zero-order valence-corrected chi connectivity index (χ0v) is 7.43. The Kier molecular flexibility index (Phi) is 4.76. The van der Waals surface area contributed by atoms with Gasteiger partial charge in [-0.15, -0.1) is 0 Å². The standard InChI is InChI=1S/C8H14O5/c1-6(11)8(13,3-2-4-9)7(12)5-10/h4,6,10-11,13H,2-3,5H2,1H3/t6-,8-/m1/s1. The van der Waals surface area contributed by atoms with Gasteiger partial charge in [-0.25, -0.2) is 0 Å². The predicted molar refractivity (Wildman–Crippen MR) is 44.0 cm³/mol. The van der Waals surface area contributed by atoms with Crippen molar-refractivity contribution in [1.29, 1.82) is 0 Å². The SMILES string of the molecule is C[C@@H](O)[C@](O)(CCC=O)C(=O)CO. The van der Waals surface area contributed by atoms with E-state index in [9.17, 15) is 14.7 Å². The summed E-state index contributed by atoms with van der Waals surface area (Å²) in [5.74, 6) is -0.871.